The molecule has 2 rings (SSSR count). The van der Waals surface area contributed by atoms with Gasteiger partial charge in [-0.15, -0.1) is 0 Å². The van der Waals surface area contributed by atoms with E-state index in [2.05, 4.69) is 22.5 Å². The maximum Gasteiger partial charge on any atom is 0.253 e. The highest BCUT2D eigenvalue weighted by Gasteiger charge is 2.24. The fraction of sp³-hybridized carbons (Fsp3) is 0.375. The molecule has 0 saturated carbocycles. The normalized spacial score (nSPS) is 17.4. The van der Waals surface area contributed by atoms with E-state index in [4.69, 9.17) is 5.73 Å². The number of amides is 2. The molecule has 1 fully saturated rings. The third-order valence-corrected chi connectivity index (χ3v) is 3.34. The minimum Gasteiger partial charge on any atom is -0.354 e. The Labute approximate surface area is 124 Å². The first-order valence-corrected chi connectivity index (χ1v) is 7.00. The highest BCUT2D eigenvalue weighted by atomic mass is 16.2. The zero-order valence-corrected chi connectivity index (χ0v) is 12.0. The fourth-order valence-electron chi connectivity index (χ4n) is 2.25. The maximum absolute atomic E-state index is 12.4. The highest BCUT2D eigenvalue weighted by molar-refractivity contribution is 5.99. The van der Waals surface area contributed by atoms with Crippen LogP contribution in [0.1, 0.15) is 34.3 Å². The summed E-state index contributed by atoms with van der Waals surface area (Å²) in [4.78, 5) is 24.1. The molecule has 2 amide bonds. The molecule has 1 aliphatic heterocycles. The molecule has 0 aromatic heterocycles. The Morgan fingerprint density at radius 3 is 3.05 bits per heavy atom. The van der Waals surface area contributed by atoms with Crippen LogP contribution in [0.4, 0.5) is 0 Å². The van der Waals surface area contributed by atoms with Crippen LogP contribution < -0.4 is 16.4 Å². The van der Waals surface area contributed by atoms with E-state index < -0.39 is 6.04 Å². The predicted molar refractivity (Wildman–Crippen MR) is 80.6 cm³/mol. The second kappa shape index (κ2) is 6.91. The van der Waals surface area contributed by atoms with Crippen molar-refractivity contribution in [1.29, 1.82) is 0 Å². The van der Waals surface area contributed by atoms with Gasteiger partial charge in [-0.3, -0.25) is 9.59 Å². The van der Waals surface area contributed by atoms with Crippen molar-refractivity contribution in [1.82, 2.24) is 10.6 Å². The number of aryl methyl sites for hydroxylation is 1. The summed E-state index contributed by atoms with van der Waals surface area (Å²) in [6.45, 7) is 2.84. The zero-order chi connectivity index (χ0) is 15.2. The van der Waals surface area contributed by atoms with Gasteiger partial charge in [0.25, 0.3) is 5.91 Å². The number of carbonyl (C=O) groups excluding carboxylic acids is 2. The third-order valence-electron chi connectivity index (χ3n) is 3.34. The first-order valence-electron chi connectivity index (χ1n) is 7.00. The number of hydrogen-bond donors (Lipinski definition) is 3. The lowest BCUT2D eigenvalue weighted by Gasteiger charge is -2.23. The molecule has 0 spiro atoms. The molecule has 110 valence electrons. The second-order valence-electron chi connectivity index (χ2n) is 5.01. The zero-order valence-electron chi connectivity index (χ0n) is 12.0. The fourth-order valence-corrected chi connectivity index (χ4v) is 2.25. The summed E-state index contributed by atoms with van der Waals surface area (Å²) in [7, 11) is 0. The van der Waals surface area contributed by atoms with Crippen LogP contribution in [0.5, 0.6) is 0 Å². The Kier molecular flexibility index (Phi) is 4.96. The molecule has 1 unspecified atom stereocenters. The first-order chi connectivity index (χ1) is 10.1. The molecule has 5 nitrogen and oxygen atoms in total. The molecule has 1 aromatic rings. The minimum absolute atomic E-state index is 0.128. The number of benzene rings is 1. The van der Waals surface area contributed by atoms with Gasteiger partial charge in [-0.1, -0.05) is 17.9 Å². The molecule has 0 bridgehead atoms. The van der Waals surface area contributed by atoms with E-state index in [1.54, 1.807) is 6.07 Å². The Morgan fingerprint density at radius 2 is 2.33 bits per heavy atom. The summed E-state index contributed by atoms with van der Waals surface area (Å²) >= 11 is 0. The van der Waals surface area contributed by atoms with Gasteiger partial charge in [0.05, 0.1) is 12.1 Å². The van der Waals surface area contributed by atoms with E-state index >= 15 is 0 Å². The summed E-state index contributed by atoms with van der Waals surface area (Å²) in [6.07, 6.45) is 1.53. The number of hydrogen-bond acceptors (Lipinski definition) is 3. The summed E-state index contributed by atoms with van der Waals surface area (Å²) in [5.41, 5.74) is 7.50. The average molecular weight is 285 g/mol. The monoisotopic (exact) mass is 285 g/mol. The van der Waals surface area contributed by atoms with Gasteiger partial charge in [-0.05, 0) is 37.5 Å². The Hall–Kier alpha value is -2.32. The van der Waals surface area contributed by atoms with Gasteiger partial charge in [0.1, 0.15) is 6.04 Å². The van der Waals surface area contributed by atoms with Gasteiger partial charge in [-0.2, -0.15) is 0 Å². The smallest absolute Gasteiger partial charge is 0.253 e. The molecular weight excluding hydrogens is 266 g/mol. The van der Waals surface area contributed by atoms with Crippen LogP contribution in [-0.2, 0) is 4.79 Å². The van der Waals surface area contributed by atoms with E-state index in [1.165, 1.54) is 0 Å². The van der Waals surface area contributed by atoms with Crippen LogP contribution in [0, 0.1) is 18.8 Å². The molecule has 0 radical (unpaired) electrons. The second-order valence-corrected chi connectivity index (χ2v) is 5.01. The minimum atomic E-state index is -0.470. The lowest BCUT2D eigenvalue weighted by Crippen LogP contribution is -2.50. The van der Waals surface area contributed by atoms with Crippen LogP contribution in [0.3, 0.4) is 0 Å². The summed E-state index contributed by atoms with van der Waals surface area (Å²) < 4.78 is 0. The molecule has 1 heterocycles. The SMILES string of the molecule is Cc1ccc(C(=O)NC2CCCNC2=O)c(C#CCN)c1. The molecule has 0 aliphatic carbocycles. The van der Waals surface area contributed by atoms with E-state index in [0.717, 1.165) is 12.0 Å². The van der Waals surface area contributed by atoms with Gasteiger partial charge < -0.3 is 16.4 Å². The van der Waals surface area contributed by atoms with E-state index in [0.29, 0.717) is 24.1 Å². The van der Waals surface area contributed by atoms with Gasteiger partial charge in [-0.25, -0.2) is 0 Å². The molecule has 1 aliphatic rings. The van der Waals surface area contributed by atoms with Crippen molar-refractivity contribution in [2.75, 3.05) is 13.1 Å². The van der Waals surface area contributed by atoms with Crippen molar-refractivity contribution < 1.29 is 9.59 Å². The number of piperidine rings is 1. The summed E-state index contributed by atoms with van der Waals surface area (Å²) in [5.74, 6) is 5.26. The summed E-state index contributed by atoms with van der Waals surface area (Å²) in [6, 6.07) is 4.95. The van der Waals surface area contributed by atoms with Crippen LogP contribution in [0.25, 0.3) is 0 Å². The van der Waals surface area contributed by atoms with E-state index in [-0.39, 0.29) is 18.4 Å². The van der Waals surface area contributed by atoms with Crippen LogP contribution >= 0.6 is 0 Å². The molecule has 1 atom stereocenters. The van der Waals surface area contributed by atoms with Crippen molar-refractivity contribution in [3.8, 4) is 11.8 Å². The largest absolute Gasteiger partial charge is 0.354 e. The van der Waals surface area contributed by atoms with Gasteiger partial charge in [0.15, 0.2) is 0 Å². The molecule has 5 heteroatoms. The van der Waals surface area contributed by atoms with E-state index in [1.807, 2.05) is 19.1 Å². The van der Waals surface area contributed by atoms with Crippen molar-refractivity contribution in [2.24, 2.45) is 5.73 Å². The topological polar surface area (TPSA) is 84.2 Å². The van der Waals surface area contributed by atoms with Gasteiger partial charge in [0, 0.05) is 12.1 Å². The Balaban J connectivity index is 2.20. The Morgan fingerprint density at radius 1 is 1.52 bits per heavy atom. The average Bonchev–Trinajstić information content (AvgIpc) is 2.47. The highest BCUT2D eigenvalue weighted by Crippen LogP contribution is 2.12. The van der Waals surface area contributed by atoms with Crippen molar-refractivity contribution in [3.05, 3.63) is 34.9 Å². The lowest BCUT2D eigenvalue weighted by atomic mass is 10.0. The third kappa shape index (κ3) is 3.83. The molecular formula is C16H19N3O2. The number of nitrogens with one attached hydrogen (secondary N) is 2. The number of rotatable bonds is 2. The van der Waals surface area contributed by atoms with Crippen molar-refractivity contribution >= 4 is 11.8 Å². The number of nitrogens with two attached hydrogens (primary N) is 1. The quantitative estimate of drug-likeness (QED) is 0.684. The lowest BCUT2D eigenvalue weighted by molar-refractivity contribution is -0.124. The molecule has 1 saturated heterocycles. The molecule has 1 aromatic carbocycles. The molecule has 4 N–H and O–H groups in total. The maximum atomic E-state index is 12.4. The van der Waals surface area contributed by atoms with Crippen LogP contribution in [0.15, 0.2) is 18.2 Å². The number of carbonyl (C=O) groups is 2. The summed E-state index contributed by atoms with van der Waals surface area (Å²) in [5, 5.41) is 5.52. The molecule has 21 heavy (non-hydrogen) atoms. The van der Waals surface area contributed by atoms with Gasteiger partial charge >= 0.3 is 0 Å². The first kappa shape index (κ1) is 15.1. The van der Waals surface area contributed by atoms with Crippen LogP contribution in [0.2, 0.25) is 0 Å². The van der Waals surface area contributed by atoms with Gasteiger partial charge in [0.2, 0.25) is 5.91 Å². The van der Waals surface area contributed by atoms with Crippen molar-refractivity contribution in [3.63, 3.8) is 0 Å². The standard InChI is InChI=1S/C16H19N3O2/c1-11-6-7-13(12(10-11)4-2-8-17)15(20)19-14-5-3-9-18-16(14)21/h6-7,10,14H,3,5,8-9,17H2,1H3,(H,18,21)(H,19,20). The van der Waals surface area contributed by atoms with E-state index in [9.17, 15) is 9.59 Å². The predicted octanol–water partition coefficient (Wildman–Crippen LogP) is 0.314. The Bertz CT molecular complexity index is 614. The van der Waals surface area contributed by atoms with Crippen LogP contribution in [-0.4, -0.2) is 30.9 Å². The van der Waals surface area contributed by atoms with Crippen molar-refractivity contribution in [2.45, 2.75) is 25.8 Å².